The van der Waals surface area contributed by atoms with E-state index in [0.717, 1.165) is 20.4 Å². The van der Waals surface area contributed by atoms with E-state index in [1.54, 1.807) is 6.07 Å². The molecule has 0 atom stereocenters. The number of halogens is 1. The van der Waals surface area contributed by atoms with Crippen molar-refractivity contribution in [2.45, 2.75) is 20.5 Å². The van der Waals surface area contributed by atoms with Crippen LogP contribution in [0.3, 0.4) is 0 Å². The molecule has 0 N–H and O–H groups in total. The second-order valence-electron chi connectivity index (χ2n) is 7.52. The first-order valence-corrected chi connectivity index (χ1v) is 11.8. The van der Waals surface area contributed by atoms with Crippen molar-refractivity contribution in [2.24, 2.45) is 5.10 Å². The zero-order valence-corrected chi connectivity index (χ0v) is 20.9. The van der Waals surface area contributed by atoms with Crippen LogP contribution < -0.4 is 14.5 Å². The molecule has 0 aromatic heterocycles. The fourth-order valence-electron chi connectivity index (χ4n) is 3.57. The number of hydrogen-bond acceptors (Lipinski definition) is 5. The topological polar surface area (TPSA) is 74.9 Å². The van der Waals surface area contributed by atoms with Crippen LogP contribution in [0.5, 0.6) is 11.5 Å². The maximum Gasteiger partial charge on any atom is 0.280 e. The van der Waals surface area contributed by atoms with Crippen LogP contribution in [0.25, 0.3) is 6.08 Å². The molecule has 1 aliphatic heterocycles. The second-order valence-corrected chi connectivity index (χ2v) is 8.68. The number of hydrazone groups is 1. The van der Waals surface area contributed by atoms with Crippen LogP contribution in [-0.4, -0.2) is 18.2 Å². The number of nitriles is 1. The minimum atomic E-state index is -0.176. The minimum Gasteiger partial charge on any atom is -0.490 e. The number of rotatable bonds is 7. The molecule has 0 unspecified atom stereocenters. The summed E-state index contributed by atoms with van der Waals surface area (Å²) in [6.07, 6.45) is 1.82. The third kappa shape index (κ3) is 4.97. The largest absolute Gasteiger partial charge is 0.490 e. The van der Waals surface area contributed by atoms with Crippen molar-refractivity contribution >= 4 is 46.0 Å². The standard InChI is InChI=1S/C27H22IN3O3/c1-3-33-25-15-19(13-23-18(2)30-31(27(23)32)22-11-5-4-6-12-22)14-24(28)26(25)34-17-21-10-8-7-9-20(21)16-29/h4-15H,3,17H2,1-2H3/b23-13+. The molecule has 6 nitrogen and oxygen atoms in total. The number of ether oxygens (including phenoxy) is 2. The molecule has 1 amide bonds. The van der Waals surface area contributed by atoms with Crippen LogP contribution in [0.1, 0.15) is 30.5 Å². The molecular weight excluding hydrogens is 541 g/mol. The van der Waals surface area contributed by atoms with Gasteiger partial charge in [0.15, 0.2) is 11.5 Å². The summed E-state index contributed by atoms with van der Waals surface area (Å²) in [4.78, 5) is 13.1. The van der Waals surface area contributed by atoms with Crippen molar-refractivity contribution < 1.29 is 14.3 Å². The van der Waals surface area contributed by atoms with Crippen molar-refractivity contribution in [3.63, 3.8) is 0 Å². The summed E-state index contributed by atoms with van der Waals surface area (Å²) in [5.74, 6) is 1.01. The second kappa shape index (κ2) is 10.5. The zero-order chi connectivity index (χ0) is 24.1. The molecule has 0 aliphatic carbocycles. The number of carbonyl (C=O) groups is 1. The highest BCUT2D eigenvalue weighted by atomic mass is 127. The highest BCUT2D eigenvalue weighted by Gasteiger charge is 2.28. The zero-order valence-electron chi connectivity index (χ0n) is 18.8. The smallest absolute Gasteiger partial charge is 0.280 e. The van der Waals surface area contributed by atoms with Gasteiger partial charge < -0.3 is 9.47 Å². The van der Waals surface area contributed by atoms with E-state index in [4.69, 9.17) is 9.47 Å². The van der Waals surface area contributed by atoms with E-state index in [1.807, 2.05) is 80.6 Å². The molecule has 34 heavy (non-hydrogen) atoms. The molecule has 0 saturated heterocycles. The van der Waals surface area contributed by atoms with Gasteiger partial charge in [0.2, 0.25) is 0 Å². The lowest BCUT2D eigenvalue weighted by atomic mass is 10.1. The van der Waals surface area contributed by atoms with E-state index >= 15 is 0 Å². The number of hydrogen-bond donors (Lipinski definition) is 0. The Kier molecular flexibility index (Phi) is 7.28. The Bertz CT molecular complexity index is 1330. The molecule has 0 spiro atoms. The molecule has 0 radical (unpaired) electrons. The molecule has 3 aromatic rings. The summed E-state index contributed by atoms with van der Waals surface area (Å²) in [6, 6.07) is 22.7. The van der Waals surface area contributed by atoms with Gasteiger partial charge in [0.1, 0.15) is 6.61 Å². The average Bonchev–Trinajstić information content (AvgIpc) is 3.13. The van der Waals surface area contributed by atoms with E-state index in [1.165, 1.54) is 5.01 Å². The summed E-state index contributed by atoms with van der Waals surface area (Å²) in [7, 11) is 0. The quantitative estimate of drug-likeness (QED) is 0.263. The first-order valence-electron chi connectivity index (χ1n) is 10.8. The van der Waals surface area contributed by atoms with Gasteiger partial charge in [0, 0.05) is 5.56 Å². The molecule has 7 heteroatoms. The average molecular weight is 563 g/mol. The predicted octanol–water partition coefficient (Wildman–Crippen LogP) is 5.95. The van der Waals surface area contributed by atoms with Crippen molar-refractivity contribution in [1.29, 1.82) is 5.26 Å². The van der Waals surface area contributed by atoms with Crippen molar-refractivity contribution in [2.75, 3.05) is 11.6 Å². The highest BCUT2D eigenvalue weighted by molar-refractivity contribution is 14.1. The predicted molar refractivity (Wildman–Crippen MR) is 141 cm³/mol. The number of amides is 1. The van der Waals surface area contributed by atoms with Gasteiger partial charge in [-0.1, -0.05) is 36.4 Å². The van der Waals surface area contributed by atoms with Crippen LogP contribution in [0, 0.1) is 14.9 Å². The summed E-state index contributed by atoms with van der Waals surface area (Å²) in [5, 5.41) is 15.2. The van der Waals surface area contributed by atoms with Gasteiger partial charge in [-0.2, -0.15) is 15.4 Å². The molecule has 3 aromatic carbocycles. The number of carbonyl (C=O) groups excluding carboxylic acids is 1. The maximum atomic E-state index is 13.1. The van der Waals surface area contributed by atoms with Gasteiger partial charge in [0.25, 0.3) is 5.91 Å². The first kappa shape index (κ1) is 23.5. The summed E-state index contributed by atoms with van der Waals surface area (Å²) in [5.41, 5.74) is 4.09. The van der Waals surface area contributed by atoms with E-state index in [2.05, 4.69) is 33.8 Å². The highest BCUT2D eigenvalue weighted by Crippen LogP contribution is 2.36. The molecule has 0 saturated carbocycles. The monoisotopic (exact) mass is 563 g/mol. The lowest BCUT2D eigenvalue weighted by Gasteiger charge is -2.15. The lowest BCUT2D eigenvalue weighted by molar-refractivity contribution is -0.114. The minimum absolute atomic E-state index is 0.176. The van der Waals surface area contributed by atoms with Crippen molar-refractivity contribution in [3.05, 3.63) is 92.6 Å². The van der Waals surface area contributed by atoms with Gasteiger partial charge in [-0.15, -0.1) is 0 Å². The van der Waals surface area contributed by atoms with Crippen LogP contribution in [0.2, 0.25) is 0 Å². The fourth-order valence-corrected chi connectivity index (χ4v) is 4.36. The van der Waals surface area contributed by atoms with Crippen LogP contribution in [-0.2, 0) is 11.4 Å². The normalized spacial score (nSPS) is 14.2. The van der Waals surface area contributed by atoms with Gasteiger partial charge in [0.05, 0.1) is 38.8 Å². The van der Waals surface area contributed by atoms with E-state index < -0.39 is 0 Å². The molecule has 4 rings (SSSR count). The molecular formula is C27H22IN3O3. The van der Waals surface area contributed by atoms with E-state index in [9.17, 15) is 10.1 Å². The molecule has 0 fully saturated rings. The van der Waals surface area contributed by atoms with Gasteiger partial charge in [-0.25, -0.2) is 0 Å². The molecule has 1 heterocycles. The fraction of sp³-hybridized carbons (Fsp3) is 0.148. The lowest BCUT2D eigenvalue weighted by Crippen LogP contribution is -2.21. The van der Waals surface area contributed by atoms with Crippen LogP contribution in [0.4, 0.5) is 5.69 Å². The van der Waals surface area contributed by atoms with E-state index in [-0.39, 0.29) is 12.5 Å². The Hall–Kier alpha value is -3.64. The molecule has 0 bridgehead atoms. The number of para-hydroxylation sites is 1. The Morgan fingerprint density at radius 1 is 1.09 bits per heavy atom. The van der Waals surface area contributed by atoms with Crippen LogP contribution in [0.15, 0.2) is 77.4 Å². The van der Waals surface area contributed by atoms with Crippen LogP contribution >= 0.6 is 22.6 Å². The Balaban J connectivity index is 1.63. The van der Waals surface area contributed by atoms with Gasteiger partial charge >= 0.3 is 0 Å². The van der Waals surface area contributed by atoms with Crippen molar-refractivity contribution in [3.8, 4) is 17.6 Å². The number of benzene rings is 3. The van der Waals surface area contributed by atoms with Gasteiger partial charge in [-0.3, -0.25) is 4.79 Å². The third-order valence-corrected chi connectivity index (χ3v) is 6.02. The first-order chi connectivity index (χ1) is 16.5. The summed E-state index contributed by atoms with van der Waals surface area (Å²) >= 11 is 2.20. The summed E-state index contributed by atoms with van der Waals surface area (Å²) < 4.78 is 12.8. The SMILES string of the molecule is CCOc1cc(/C=C2/C(=O)N(c3ccccc3)N=C2C)cc(I)c1OCc1ccccc1C#N. The molecule has 170 valence electrons. The maximum absolute atomic E-state index is 13.1. The summed E-state index contributed by atoms with van der Waals surface area (Å²) in [6.45, 7) is 4.44. The third-order valence-electron chi connectivity index (χ3n) is 5.22. The Morgan fingerprint density at radius 3 is 2.56 bits per heavy atom. The van der Waals surface area contributed by atoms with E-state index in [0.29, 0.717) is 35.0 Å². The Labute approximate surface area is 212 Å². The van der Waals surface area contributed by atoms with Crippen molar-refractivity contribution in [1.82, 2.24) is 0 Å². The number of nitrogens with zero attached hydrogens (tertiary/aromatic N) is 3. The molecule has 1 aliphatic rings. The van der Waals surface area contributed by atoms with Gasteiger partial charge in [-0.05, 0) is 78.4 Å². The Morgan fingerprint density at radius 2 is 1.82 bits per heavy atom. The number of anilines is 1.